The second-order valence-electron chi connectivity index (χ2n) is 3.68. The quantitative estimate of drug-likeness (QED) is 0.594. The number of nitrogens with two attached hydrogens (primary N) is 1. The second-order valence-corrected chi connectivity index (χ2v) is 3.68. The van der Waals surface area contributed by atoms with Gasteiger partial charge in [0.25, 0.3) is 5.91 Å². The fourth-order valence-electron chi connectivity index (χ4n) is 1.38. The van der Waals surface area contributed by atoms with Crippen molar-refractivity contribution >= 4 is 17.8 Å². The Labute approximate surface area is 109 Å². The first kappa shape index (κ1) is 14.7. The van der Waals surface area contributed by atoms with Crippen LogP contribution in [0.1, 0.15) is 20.7 Å². The van der Waals surface area contributed by atoms with Crippen molar-refractivity contribution in [3.05, 3.63) is 35.4 Å². The SMILES string of the molecule is COC(=O)C(CO)NC(=O)c1cccc(C(N)=O)c1. The fraction of sp³-hybridized carbons (Fsp3) is 0.250. The lowest BCUT2D eigenvalue weighted by Crippen LogP contribution is -2.44. The van der Waals surface area contributed by atoms with Gasteiger partial charge < -0.3 is 20.9 Å². The molecule has 0 aliphatic heterocycles. The van der Waals surface area contributed by atoms with Gasteiger partial charge in [-0.05, 0) is 18.2 Å². The third-order valence-electron chi connectivity index (χ3n) is 2.38. The minimum atomic E-state index is -1.16. The highest BCUT2D eigenvalue weighted by atomic mass is 16.5. The van der Waals surface area contributed by atoms with Gasteiger partial charge in [0.05, 0.1) is 13.7 Å². The van der Waals surface area contributed by atoms with Gasteiger partial charge in [-0.1, -0.05) is 6.07 Å². The highest BCUT2D eigenvalue weighted by Gasteiger charge is 2.21. The Hall–Kier alpha value is -2.41. The third-order valence-corrected chi connectivity index (χ3v) is 2.38. The van der Waals surface area contributed by atoms with Gasteiger partial charge in [-0.25, -0.2) is 4.79 Å². The number of rotatable bonds is 5. The predicted octanol–water partition coefficient (Wildman–Crippen LogP) is -0.951. The minimum absolute atomic E-state index is 0.152. The van der Waals surface area contributed by atoms with Crippen molar-refractivity contribution in [2.75, 3.05) is 13.7 Å². The first-order valence-corrected chi connectivity index (χ1v) is 5.39. The van der Waals surface area contributed by atoms with Gasteiger partial charge in [-0.3, -0.25) is 9.59 Å². The Morgan fingerprint density at radius 2 is 2.00 bits per heavy atom. The Bertz CT molecular complexity index is 501. The molecule has 1 atom stereocenters. The van der Waals surface area contributed by atoms with Crippen LogP contribution in [0.25, 0.3) is 0 Å². The lowest BCUT2D eigenvalue weighted by atomic mass is 10.1. The molecule has 0 radical (unpaired) electrons. The molecular formula is C12H14N2O5. The fourth-order valence-corrected chi connectivity index (χ4v) is 1.38. The summed E-state index contributed by atoms with van der Waals surface area (Å²) in [5.41, 5.74) is 5.42. The molecule has 7 heteroatoms. The summed E-state index contributed by atoms with van der Waals surface area (Å²) in [6.07, 6.45) is 0. The van der Waals surface area contributed by atoms with E-state index in [0.717, 1.165) is 7.11 Å². The molecule has 0 spiro atoms. The first-order chi connectivity index (χ1) is 8.99. The van der Waals surface area contributed by atoms with Crippen LogP contribution in [0.5, 0.6) is 0 Å². The van der Waals surface area contributed by atoms with E-state index in [1.54, 1.807) is 0 Å². The Morgan fingerprint density at radius 3 is 2.53 bits per heavy atom. The molecule has 4 N–H and O–H groups in total. The monoisotopic (exact) mass is 266 g/mol. The van der Waals surface area contributed by atoms with Crippen LogP contribution in [0, 0.1) is 0 Å². The number of aliphatic hydroxyl groups excluding tert-OH is 1. The topological polar surface area (TPSA) is 119 Å². The molecule has 1 aromatic carbocycles. The van der Waals surface area contributed by atoms with Crippen LogP contribution in [-0.4, -0.2) is 42.6 Å². The molecule has 1 unspecified atom stereocenters. The largest absolute Gasteiger partial charge is 0.467 e. The van der Waals surface area contributed by atoms with Crippen LogP contribution in [0.15, 0.2) is 24.3 Å². The number of carbonyl (C=O) groups excluding carboxylic acids is 3. The van der Waals surface area contributed by atoms with Gasteiger partial charge >= 0.3 is 5.97 Å². The number of aliphatic hydroxyl groups is 1. The number of ether oxygens (including phenoxy) is 1. The maximum Gasteiger partial charge on any atom is 0.330 e. The number of hydrogen-bond donors (Lipinski definition) is 3. The Morgan fingerprint density at radius 1 is 1.37 bits per heavy atom. The summed E-state index contributed by atoms with van der Waals surface area (Å²) in [6, 6.07) is 4.54. The molecule has 0 aliphatic carbocycles. The van der Waals surface area contributed by atoms with Crippen molar-refractivity contribution in [3.63, 3.8) is 0 Å². The molecule has 0 aromatic heterocycles. The van der Waals surface area contributed by atoms with Crippen molar-refractivity contribution in [3.8, 4) is 0 Å². The van der Waals surface area contributed by atoms with E-state index in [1.807, 2.05) is 0 Å². The number of carbonyl (C=O) groups is 3. The molecule has 1 rings (SSSR count). The van der Waals surface area contributed by atoms with E-state index in [2.05, 4.69) is 10.1 Å². The number of amides is 2. The van der Waals surface area contributed by atoms with Crippen molar-refractivity contribution in [2.45, 2.75) is 6.04 Å². The molecule has 0 heterocycles. The van der Waals surface area contributed by atoms with Gasteiger partial charge in [0.1, 0.15) is 0 Å². The molecular weight excluding hydrogens is 252 g/mol. The molecule has 7 nitrogen and oxygen atoms in total. The van der Waals surface area contributed by atoms with E-state index in [4.69, 9.17) is 10.8 Å². The number of methoxy groups -OCH3 is 1. The molecule has 102 valence electrons. The smallest absolute Gasteiger partial charge is 0.330 e. The number of esters is 1. The maximum absolute atomic E-state index is 11.8. The zero-order valence-corrected chi connectivity index (χ0v) is 10.3. The number of hydrogen-bond acceptors (Lipinski definition) is 5. The van der Waals surface area contributed by atoms with Crippen molar-refractivity contribution in [1.82, 2.24) is 5.32 Å². The summed E-state index contributed by atoms with van der Waals surface area (Å²) in [5, 5.41) is 11.3. The van der Waals surface area contributed by atoms with Gasteiger partial charge in [-0.15, -0.1) is 0 Å². The van der Waals surface area contributed by atoms with Crippen LogP contribution in [0.4, 0.5) is 0 Å². The van der Waals surface area contributed by atoms with Gasteiger partial charge in [-0.2, -0.15) is 0 Å². The molecule has 0 saturated carbocycles. The lowest BCUT2D eigenvalue weighted by molar-refractivity contribution is -0.143. The maximum atomic E-state index is 11.8. The number of primary amides is 1. The predicted molar refractivity (Wildman–Crippen MR) is 65.3 cm³/mol. The molecule has 0 aliphatic rings. The number of nitrogens with one attached hydrogen (secondary N) is 1. The molecule has 1 aromatic rings. The first-order valence-electron chi connectivity index (χ1n) is 5.39. The molecule has 0 bridgehead atoms. The molecule has 0 fully saturated rings. The second kappa shape index (κ2) is 6.50. The van der Waals surface area contributed by atoms with E-state index >= 15 is 0 Å². The molecule has 2 amide bonds. The van der Waals surface area contributed by atoms with E-state index < -0.39 is 30.4 Å². The van der Waals surface area contributed by atoms with Crippen LogP contribution < -0.4 is 11.1 Å². The highest BCUT2D eigenvalue weighted by molar-refractivity contribution is 6.00. The van der Waals surface area contributed by atoms with Crippen molar-refractivity contribution in [1.29, 1.82) is 0 Å². The zero-order valence-electron chi connectivity index (χ0n) is 10.3. The van der Waals surface area contributed by atoms with Gasteiger partial charge in [0, 0.05) is 11.1 Å². The average molecular weight is 266 g/mol. The number of benzene rings is 1. The molecule has 19 heavy (non-hydrogen) atoms. The molecule has 0 saturated heterocycles. The van der Waals surface area contributed by atoms with Crippen LogP contribution >= 0.6 is 0 Å². The summed E-state index contributed by atoms with van der Waals surface area (Å²) in [5.74, 6) is -2.05. The highest BCUT2D eigenvalue weighted by Crippen LogP contribution is 2.05. The van der Waals surface area contributed by atoms with Gasteiger partial charge in [0.15, 0.2) is 6.04 Å². The van der Waals surface area contributed by atoms with E-state index in [0.29, 0.717) is 0 Å². The lowest BCUT2D eigenvalue weighted by Gasteiger charge is -2.13. The third kappa shape index (κ3) is 3.78. The van der Waals surface area contributed by atoms with Crippen molar-refractivity contribution < 1.29 is 24.2 Å². The summed E-state index contributed by atoms with van der Waals surface area (Å²) in [6.45, 7) is -0.589. The summed E-state index contributed by atoms with van der Waals surface area (Å²) >= 11 is 0. The average Bonchev–Trinajstić information content (AvgIpc) is 2.43. The summed E-state index contributed by atoms with van der Waals surface area (Å²) in [4.78, 5) is 34.0. The normalized spacial score (nSPS) is 11.5. The van der Waals surface area contributed by atoms with E-state index in [1.165, 1.54) is 24.3 Å². The minimum Gasteiger partial charge on any atom is -0.467 e. The van der Waals surface area contributed by atoms with E-state index in [9.17, 15) is 14.4 Å². The Kier molecular flexibility index (Phi) is 5.01. The Balaban J connectivity index is 2.85. The van der Waals surface area contributed by atoms with Gasteiger partial charge in [0.2, 0.25) is 5.91 Å². The van der Waals surface area contributed by atoms with Crippen LogP contribution in [-0.2, 0) is 9.53 Å². The van der Waals surface area contributed by atoms with Crippen LogP contribution in [0.2, 0.25) is 0 Å². The van der Waals surface area contributed by atoms with Crippen LogP contribution in [0.3, 0.4) is 0 Å². The van der Waals surface area contributed by atoms with Crippen molar-refractivity contribution in [2.24, 2.45) is 5.73 Å². The summed E-state index contributed by atoms with van der Waals surface area (Å²) < 4.78 is 4.41. The summed E-state index contributed by atoms with van der Waals surface area (Å²) in [7, 11) is 1.14. The standard InChI is InChI=1S/C12H14N2O5/c1-19-12(18)9(6-15)14-11(17)8-4-2-3-7(5-8)10(13)16/h2-5,9,15H,6H2,1H3,(H2,13,16)(H,14,17). The zero-order chi connectivity index (χ0) is 14.4. The van der Waals surface area contributed by atoms with E-state index in [-0.39, 0.29) is 11.1 Å².